The molecular formula is C14H20O4. The van der Waals surface area contributed by atoms with E-state index in [1.54, 1.807) is 13.8 Å². The second-order valence-electron chi connectivity index (χ2n) is 3.88. The molecule has 18 heavy (non-hydrogen) atoms. The summed E-state index contributed by atoms with van der Waals surface area (Å²) in [5, 5.41) is 0. The fourth-order valence-electron chi connectivity index (χ4n) is 0.921. The first-order chi connectivity index (χ1) is 8.45. The molecule has 0 rings (SSSR count). The van der Waals surface area contributed by atoms with Gasteiger partial charge in [0.25, 0.3) is 0 Å². The standard InChI is InChI=1S/C14H20O4/c1-11(2)13(15)17-9-7-5-6-8-10-18-14(16)12(3)4/h5-6H,1,3,7-10H2,2,4H3/b6-5+. The van der Waals surface area contributed by atoms with Gasteiger partial charge in [0.05, 0.1) is 13.2 Å². The van der Waals surface area contributed by atoms with Crippen molar-refractivity contribution in [2.24, 2.45) is 0 Å². The second kappa shape index (κ2) is 9.22. The van der Waals surface area contributed by atoms with Crippen molar-refractivity contribution >= 4 is 11.9 Å². The zero-order chi connectivity index (χ0) is 14.0. The SMILES string of the molecule is C=C(C)C(=O)OCC/C=C/CCOC(=O)C(=C)C. The Labute approximate surface area is 108 Å². The van der Waals surface area contributed by atoms with Crippen molar-refractivity contribution < 1.29 is 19.1 Å². The van der Waals surface area contributed by atoms with Crippen molar-refractivity contribution in [3.63, 3.8) is 0 Å². The summed E-state index contributed by atoms with van der Waals surface area (Å²) in [6.45, 7) is 10.8. The maximum atomic E-state index is 11.0. The fraction of sp³-hybridized carbons (Fsp3) is 0.429. The van der Waals surface area contributed by atoms with E-state index in [9.17, 15) is 9.59 Å². The zero-order valence-electron chi connectivity index (χ0n) is 11.0. The smallest absolute Gasteiger partial charge is 0.333 e. The van der Waals surface area contributed by atoms with Crippen LogP contribution in [0.4, 0.5) is 0 Å². The van der Waals surface area contributed by atoms with E-state index in [-0.39, 0.29) is 11.9 Å². The Balaban J connectivity index is 3.50. The molecule has 4 heteroatoms. The summed E-state index contributed by atoms with van der Waals surface area (Å²) in [7, 11) is 0. The molecule has 0 spiro atoms. The third-order valence-corrected chi connectivity index (χ3v) is 1.90. The van der Waals surface area contributed by atoms with Gasteiger partial charge in [-0.15, -0.1) is 0 Å². The number of rotatable bonds is 8. The van der Waals surface area contributed by atoms with Crippen LogP contribution in [0.1, 0.15) is 26.7 Å². The Kier molecular flexibility index (Phi) is 8.27. The van der Waals surface area contributed by atoms with E-state index >= 15 is 0 Å². The van der Waals surface area contributed by atoms with Crippen LogP contribution in [0.15, 0.2) is 36.5 Å². The molecule has 0 N–H and O–H groups in total. The molecule has 0 heterocycles. The van der Waals surface area contributed by atoms with Gasteiger partial charge in [-0.25, -0.2) is 9.59 Å². The van der Waals surface area contributed by atoms with Crippen LogP contribution in [-0.2, 0) is 19.1 Å². The molecule has 0 radical (unpaired) electrons. The molecule has 100 valence electrons. The van der Waals surface area contributed by atoms with Gasteiger partial charge >= 0.3 is 11.9 Å². The molecule has 0 atom stereocenters. The van der Waals surface area contributed by atoms with Crippen molar-refractivity contribution in [3.05, 3.63) is 36.5 Å². The average Bonchev–Trinajstić information content (AvgIpc) is 2.31. The summed E-state index contributed by atoms with van der Waals surface area (Å²) in [4.78, 5) is 22.0. The molecule has 0 unspecified atom stereocenters. The molecule has 0 fully saturated rings. The lowest BCUT2D eigenvalue weighted by Gasteiger charge is -2.02. The Morgan fingerprint density at radius 3 is 1.50 bits per heavy atom. The minimum Gasteiger partial charge on any atom is -0.462 e. The van der Waals surface area contributed by atoms with Gasteiger partial charge in [0.1, 0.15) is 0 Å². The largest absolute Gasteiger partial charge is 0.462 e. The third kappa shape index (κ3) is 8.33. The summed E-state index contributed by atoms with van der Waals surface area (Å²) in [5.74, 6) is -0.752. The highest BCUT2D eigenvalue weighted by Gasteiger charge is 2.01. The zero-order valence-corrected chi connectivity index (χ0v) is 11.0. The molecular weight excluding hydrogens is 232 g/mol. The fourth-order valence-corrected chi connectivity index (χ4v) is 0.921. The van der Waals surface area contributed by atoms with E-state index in [4.69, 9.17) is 9.47 Å². The lowest BCUT2D eigenvalue weighted by atomic mass is 10.3. The Morgan fingerprint density at radius 2 is 1.22 bits per heavy atom. The summed E-state index contributed by atoms with van der Waals surface area (Å²) >= 11 is 0. The normalized spacial score (nSPS) is 10.1. The van der Waals surface area contributed by atoms with Crippen molar-refractivity contribution in [3.8, 4) is 0 Å². The van der Waals surface area contributed by atoms with Crippen molar-refractivity contribution in [2.75, 3.05) is 13.2 Å². The van der Waals surface area contributed by atoms with Crippen molar-refractivity contribution in [2.45, 2.75) is 26.7 Å². The number of hydrogen-bond donors (Lipinski definition) is 0. The van der Waals surface area contributed by atoms with Crippen LogP contribution < -0.4 is 0 Å². The predicted molar refractivity (Wildman–Crippen MR) is 69.9 cm³/mol. The summed E-state index contributed by atoms with van der Waals surface area (Å²) in [6.07, 6.45) is 5.02. The summed E-state index contributed by atoms with van der Waals surface area (Å²) in [6, 6.07) is 0. The van der Waals surface area contributed by atoms with Crippen LogP contribution in [0.5, 0.6) is 0 Å². The topological polar surface area (TPSA) is 52.6 Å². The van der Waals surface area contributed by atoms with Gasteiger partial charge < -0.3 is 9.47 Å². The number of ether oxygens (including phenoxy) is 2. The monoisotopic (exact) mass is 252 g/mol. The molecule has 0 aromatic heterocycles. The van der Waals surface area contributed by atoms with E-state index in [1.807, 2.05) is 12.2 Å². The maximum Gasteiger partial charge on any atom is 0.333 e. The first kappa shape index (κ1) is 16.2. The molecule has 0 aromatic carbocycles. The average molecular weight is 252 g/mol. The van der Waals surface area contributed by atoms with E-state index < -0.39 is 0 Å². The van der Waals surface area contributed by atoms with Gasteiger partial charge in [-0.2, -0.15) is 0 Å². The molecule has 4 nitrogen and oxygen atoms in total. The summed E-state index contributed by atoms with van der Waals surface area (Å²) < 4.78 is 9.79. The second-order valence-corrected chi connectivity index (χ2v) is 3.88. The minimum absolute atomic E-state index is 0.327. The molecule has 0 bridgehead atoms. The van der Waals surface area contributed by atoms with Crippen LogP contribution in [-0.4, -0.2) is 25.2 Å². The molecule has 0 aliphatic carbocycles. The molecule has 0 saturated heterocycles. The Morgan fingerprint density at radius 1 is 0.889 bits per heavy atom. The van der Waals surface area contributed by atoms with Gasteiger partial charge in [0.15, 0.2) is 0 Å². The summed E-state index contributed by atoms with van der Waals surface area (Å²) in [5.41, 5.74) is 0.788. The first-order valence-electron chi connectivity index (χ1n) is 5.75. The van der Waals surface area contributed by atoms with Crippen LogP contribution in [0.25, 0.3) is 0 Å². The van der Waals surface area contributed by atoms with Crippen LogP contribution in [0.2, 0.25) is 0 Å². The Hall–Kier alpha value is -1.84. The van der Waals surface area contributed by atoms with Gasteiger partial charge in [0.2, 0.25) is 0 Å². The van der Waals surface area contributed by atoms with E-state index in [0.29, 0.717) is 37.2 Å². The molecule has 0 saturated carbocycles. The third-order valence-electron chi connectivity index (χ3n) is 1.90. The van der Waals surface area contributed by atoms with Crippen LogP contribution >= 0.6 is 0 Å². The van der Waals surface area contributed by atoms with E-state index in [1.165, 1.54) is 0 Å². The van der Waals surface area contributed by atoms with Crippen molar-refractivity contribution in [1.82, 2.24) is 0 Å². The number of hydrogen-bond acceptors (Lipinski definition) is 4. The number of esters is 2. The maximum absolute atomic E-state index is 11.0. The number of carbonyl (C=O) groups is 2. The quantitative estimate of drug-likeness (QED) is 0.288. The molecule has 0 amide bonds. The highest BCUT2D eigenvalue weighted by Crippen LogP contribution is 1.96. The van der Waals surface area contributed by atoms with Gasteiger partial charge in [-0.1, -0.05) is 25.3 Å². The van der Waals surface area contributed by atoms with E-state index in [2.05, 4.69) is 13.2 Å². The molecule has 0 aliphatic rings. The predicted octanol–water partition coefficient (Wildman–Crippen LogP) is 2.56. The van der Waals surface area contributed by atoms with Gasteiger partial charge in [-0.3, -0.25) is 0 Å². The first-order valence-corrected chi connectivity index (χ1v) is 5.75. The van der Waals surface area contributed by atoms with E-state index in [0.717, 1.165) is 0 Å². The lowest BCUT2D eigenvalue weighted by Crippen LogP contribution is -2.06. The van der Waals surface area contributed by atoms with Gasteiger partial charge in [0, 0.05) is 11.1 Å². The molecule has 0 aromatic rings. The molecule has 0 aliphatic heterocycles. The highest BCUT2D eigenvalue weighted by molar-refractivity contribution is 5.87. The van der Waals surface area contributed by atoms with Gasteiger partial charge in [-0.05, 0) is 26.7 Å². The van der Waals surface area contributed by atoms with Crippen LogP contribution in [0, 0.1) is 0 Å². The minimum atomic E-state index is -0.376. The highest BCUT2D eigenvalue weighted by atomic mass is 16.5. The Bertz CT molecular complexity index is 319. The van der Waals surface area contributed by atoms with Crippen LogP contribution in [0.3, 0.4) is 0 Å². The lowest BCUT2D eigenvalue weighted by molar-refractivity contribution is -0.139. The van der Waals surface area contributed by atoms with Crippen molar-refractivity contribution in [1.29, 1.82) is 0 Å². The number of carbonyl (C=O) groups excluding carboxylic acids is 2.